The number of aryl methyl sites for hydroxylation is 2. The molecule has 4 nitrogen and oxygen atoms in total. The lowest BCUT2D eigenvalue weighted by molar-refractivity contribution is 0.197. The molecule has 2 aromatic heterocycles. The largest absolute Gasteiger partial charge is 0.389 e. The lowest BCUT2D eigenvalue weighted by Crippen LogP contribution is -2.02. The second kappa shape index (κ2) is 5.23. The van der Waals surface area contributed by atoms with Crippen LogP contribution in [-0.2, 0) is 6.42 Å². The fourth-order valence-electron chi connectivity index (χ4n) is 1.94. The molecule has 2 rings (SSSR count). The highest BCUT2D eigenvalue weighted by atomic mass is 16.3. The molecule has 0 aliphatic carbocycles. The Morgan fingerprint density at radius 1 is 1.33 bits per heavy atom. The van der Waals surface area contributed by atoms with E-state index in [1.54, 1.807) is 19.3 Å². The van der Waals surface area contributed by atoms with Crippen LogP contribution in [0, 0.1) is 6.92 Å². The van der Waals surface area contributed by atoms with Gasteiger partial charge >= 0.3 is 0 Å². The van der Waals surface area contributed by atoms with Crippen molar-refractivity contribution >= 4 is 0 Å². The third kappa shape index (κ3) is 2.38. The first-order valence-electron chi connectivity index (χ1n) is 6.08. The lowest BCUT2D eigenvalue weighted by Gasteiger charge is -2.10. The Kier molecular flexibility index (Phi) is 3.67. The first-order valence-corrected chi connectivity index (χ1v) is 6.08. The first kappa shape index (κ1) is 12.6. The van der Waals surface area contributed by atoms with Crippen molar-refractivity contribution in [2.75, 3.05) is 0 Å². The summed E-state index contributed by atoms with van der Waals surface area (Å²) in [6.45, 7) is 5.69. The topological polar surface area (TPSA) is 58.9 Å². The summed E-state index contributed by atoms with van der Waals surface area (Å²) in [5.74, 6) is 0.691. The number of pyridine rings is 1. The first-order chi connectivity index (χ1) is 8.63. The molecule has 0 aliphatic heterocycles. The normalized spacial score (nSPS) is 12.4. The van der Waals surface area contributed by atoms with Gasteiger partial charge in [-0.3, -0.25) is 4.98 Å². The molecule has 0 spiro atoms. The molecule has 94 valence electrons. The Balaban J connectivity index is 2.49. The number of aromatic nitrogens is 3. The van der Waals surface area contributed by atoms with E-state index in [-0.39, 0.29) is 0 Å². The summed E-state index contributed by atoms with van der Waals surface area (Å²) in [7, 11) is 0. The average molecular weight is 243 g/mol. The minimum atomic E-state index is -0.540. The van der Waals surface area contributed by atoms with Crippen LogP contribution in [0.3, 0.4) is 0 Å². The van der Waals surface area contributed by atoms with E-state index >= 15 is 0 Å². The second-order valence-electron chi connectivity index (χ2n) is 4.30. The van der Waals surface area contributed by atoms with E-state index < -0.39 is 6.10 Å². The van der Waals surface area contributed by atoms with Gasteiger partial charge in [0, 0.05) is 35.4 Å². The van der Waals surface area contributed by atoms with Crippen molar-refractivity contribution in [2.24, 2.45) is 0 Å². The molecular formula is C14H17N3O. The van der Waals surface area contributed by atoms with Crippen LogP contribution in [0.25, 0.3) is 11.4 Å². The molecule has 0 radical (unpaired) electrons. The molecule has 1 N–H and O–H groups in total. The fraction of sp³-hybridized carbons (Fsp3) is 0.357. The van der Waals surface area contributed by atoms with E-state index in [2.05, 4.69) is 21.9 Å². The maximum absolute atomic E-state index is 9.58. The Labute approximate surface area is 107 Å². The van der Waals surface area contributed by atoms with E-state index in [0.717, 1.165) is 28.8 Å². The van der Waals surface area contributed by atoms with Gasteiger partial charge < -0.3 is 5.11 Å². The molecule has 0 amide bonds. The van der Waals surface area contributed by atoms with Crippen LogP contribution in [0.1, 0.15) is 36.8 Å². The van der Waals surface area contributed by atoms with Crippen molar-refractivity contribution in [3.05, 3.63) is 41.5 Å². The van der Waals surface area contributed by atoms with Gasteiger partial charge in [-0.2, -0.15) is 0 Å². The Morgan fingerprint density at radius 3 is 2.72 bits per heavy atom. The quantitative estimate of drug-likeness (QED) is 0.899. The second-order valence-corrected chi connectivity index (χ2v) is 4.30. The number of hydrogen-bond acceptors (Lipinski definition) is 4. The van der Waals surface area contributed by atoms with Crippen molar-refractivity contribution in [3.8, 4) is 11.4 Å². The molecule has 0 fully saturated rings. The van der Waals surface area contributed by atoms with Crippen molar-refractivity contribution in [2.45, 2.75) is 33.3 Å². The Morgan fingerprint density at radius 2 is 2.11 bits per heavy atom. The van der Waals surface area contributed by atoms with Gasteiger partial charge in [-0.25, -0.2) is 9.97 Å². The fourth-order valence-corrected chi connectivity index (χ4v) is 1.94. The zero-order valence-electron chi connectivity index (χ0n) is 10.9. The molecular weight excluding hydrogens is 226 g/mol. The van der Waals surface area contributed by atoms with Crippen molar-refractivity contribution in [1.82, 2.24) is 15.0 Å². The van der Waals surface area contributed by atoms with Gasteiger partial charge in [0.2, 0.25) is 0 Å². The van der Waals surface area contributed by atoms with Gasteiger partial charge in [0.05, 0.1) is 6.10 Å². The summed E-state index contributed by atoms with van der Waals surface area (Å²) in [5, 5.41) is 9.58. The van der Waals surface area contributed by atoms with E-state index in [1.165, 1.54) is 0 Å². The van der Waals surface area contributed by atoms with Crippen molar-refractivity contribution < 1.29 is 5.11 Å². The smallest absolute Gasteiger partial charge is 0.159 e. The maximum Gasteiger partial charge on any atom is 0.159 e. The highest BCUT2D eigenvalue weighted by Crippen LogP contribution is 2.22. The average Bonchev–Trinajstić information content (AvgIpc) is 2.38. The monoisotopic (exact) mass is 243 g/mol. The third-order valence-electron chi connectivity index (χ3n) is 2.99. The van der Waals surface area contributed by atoms with Gasteiger partial charge in [-0.05, 0) is 31.9 Å². The molecule has 2 heterocycles. The van der Waals surface area contributed by atoms with Crippen LogP contribution >= 0.6 is 0 Å². The number of aliphatic hydroxyl groups is 1. The number of rotatable bonds is 3. The number of aliphatic hydroxyl groups excluding tert-OH is 1. The van der Waals surface area contributed by atoms with Gasteiger partial charge in [-0.15, -0.1) is 0 Å². The van der Waals surface area contributed by atoms with Gasteiger partial charge in [-0.1, -0.05) is 6.92 Å². The van der Waals surface area contributed by atoms with E-state index in [9.17, 15) is 5.11 Å². The highest BCUT2D eigenvalue weighted by molar-refractivity contribution is 5.59. The summed E-state index contributed by atoms with van der Waals surface area (Å²) in [5.41, 5.74) is 3.72. The zero-order chi connectivity index (χ0) is 13.1. The zero-order valence-corrected chi connectivity index (χ0v) is 10.9. The molecule has 2 aromatic rings. The molecule has 0 saturated carbocycles. The molecule has 0 saturated heterocycles. The predicted octanol–water partition coefficient (Wildman–Crippen LogP) is 2.46. The van der Waals surface area contributed by atoms with Crippen LogP contribution in [0.2, 0.25) is 0 Å². The Hall–Kier alpha value is -1.81. The van der Waals surface area contributed by atoms with E-state index in [1.807, 2.05) is 19.2 Å². The number of hydrogen-bond donors (Lipinski definition) is 1. The summed E-state index contributed by atoms with van der Waals surface area (Å²) in [6, 6.07) is 1.93. The summed E-state index contributed by atoms with van der Waals surface area (Å²) < 4.78 is 0. The molecule has 0 unspecified atom stereocenters. The van der Waals surface area contributed by atoms with E-state index in [4.69, 9.17) is 0 Å². The van der Waals surface area contributed by atoms with Crippen molar-refractivity contribution in [1.29, 1.82) is 0 Å². The molecule has 0 bridgehead atoms. The van der Waals surface area contributed by atoms with Crippen molar-refractivity contribution in [3.63, 3.8) is 0 Å². The summed E-state index contributed by atoms with van der Waals surface area (Å²) in [4.78, 5) is 12.9. The van der Waals surface area contributed by atoms with Crippen LogP contribution in [-0.4, -0.2) is 20.1 Å². The molecule has 0 aromatic carbocycles. The summed E-state index contributed by atoms with van der Waals surface area (Å²) in [6.07, 6.45) is 5.64. The Bertz CT molecular complexity index is 552. The molecule has 18 heavy (non-hydrogen) atoms. The molecule has 0 aliphatic rings. The van der Waals surface area contributed by atoms with Gasteiger partial charge in [0.1, 0.15) is 0 Å². The molecule has 1 atom stereocenters. The minimum Gasteiger partial charge on any atom is -0.389 e. The highest BCUT2D eigenvalue weighted by Gasteiger charge is 2.11. The number of nitrogens with zero attached hydrogens (tertiary/aromatic N) is 3. The van der Waals surface area contributed by atoms with Crippen LogP contribution in [0.4, 0.5) is 0 Å². The lowest BCUT2D eigenvalue weighted by atomic mass is 10.1. The third-order valence-corrected chi connectivity index (χ3v) is 2.99. The van der Waals surface area contributed by atoms with Gasteiger partial charge in [0.25, 0.3) is 0 Å². The SMILES string of the molecule is CCc1cnccc1-c1ncc([C@@H](C)O)c(C)n1. The standard InChI is InChI=1S/C14H17N3O/c1-4-11-7-15-6-5-12(11)14-16-8-13(10(3)18)9(2)17-14/h5-8,10,18H,4H2,1-3H3/t10-/m1/s1. The molecule has 4 heteroatoms. The summed E-state index contributed by atoms with van der Waals surface area (Å²) >= 11 is 0. The van der Waals surface area contributed by atoms with Crippen LogP contribution < -0.4 is 0 Å². The van der Waals surface area contributed by atoms with Crippen LogP contribution in [0.5, 0.6) is 0 Å². The maximum atomic E-state index is 9.58. The van der Waals surface area contributed by atoms with Gasteiger partial charge in [0.15, 0.2) is 5.82 Å². The van der Waals surface area contributed by atoms with E-state index in [0.29, 0.717) is 5.82 Å². The predicted molar refractivity (Wildman–Crippen MR) is 70.0 cm³/mol. The minimum absolute atomic E-state index is 0.540. The van der Waals surface area contributed by atoms with Crippen LogP contribution in [0.15, 0.2) is 24.7 Å².